The molecule has 0 aliphatic carbocycles. The van der Waals surface area contributed by atoms with Crippen molar-refractivity contribution >= 4 is 0 Å². The maximum Gasteiger partial charge on any atom is 0.0534 e. The van der Waals surface area contributed by atoms with Crippen LogP contribution in [0, 0.1) is 11.3 Å². The second-order valence-electron chi connectivity index (χ2n) is 4.43. The first kappa shape index (κ1) is 13.2. The van der Waals surface area contributed by atoms with E-state index in [2.05, 4.69) is 0 Å². The van der Waals surface area contributed by atoms with E-state index in [4.69, 9.17) is 0 Å². The Hall–Kier alpha value is -0.900. The molecule has 3 nitrogen and oxygen atoms in total. The average Bonchev–Trinajstić information content (AvgIpc) is 2.33. The third-order valence-electron chi connectivity index (χ3n) is 3.37. The molecule has 0 aliphatic rings. The van der Waals surface area contributed by atoms with Crippen molar-refractivity contribution in [2.45, 2.75) is 13.3 Å². The van der Waals surface area contributed by atoms with Crippen LogP contribution < -0.4 is 0 Å². The molecule has 0 bridgehead atoms. The van der Waals surface area contributed by atoms with Gasteiger partial charge in [0.15, 0.2) is 0 Å². The zero-order valence-corrected chi connectivity index (χ0v) is 9.63. The van der Waals surface area contributed by atoms with Gasteiger partial charge in [-0.25, -0.2) is 0 Å². The standard InChI is InChI=1S/C13H20O3/c1-11(13(8-14,9-15)10-16)7-12-5-3-2-4-6-12/h2-6,11,14-16H,7-10H2,1H3. The minimum Gasteiger partial charge on any atom is -0.396 e. The molecule has 0 heterocycles. The molecule has 90 valence electrons. The zero-order chi connectivity index (χ0) is 12.0. The number of rotatable bonds is 6. The molecule has 0 aliphatic heterocycles. The highest BCUT2D eigenvalue weighted by atomic mass is 16.3. The largest absolute Gasteiger partial charge is 0.396 e. The summed E-state index contributed by atoms with van der Waals surface area (Å²) < 4.78 is 0. The van der Waals surface area contributed by atoms with Crippen molar-refractivity contribution in [3.8, 4) is 0 Å². The summed E-state index contributed by atoms with van der Waals surface area (Å²) in [6.45, 7) is 1.34. The van der Waals surface area contributed by atoms with Crippen LogP contribution in [0.4, 0.5) is 0 Å². The molecule has 0 radical (unpaired) electrons. The lowest BCUT2D eigenvalue weighted by Crippen LogP contribution is -2.41. The second kappa shape index (κ2) is 5.99. The number of aliphatic hydroxyl groups excluding tert-OH is 3. The van der Waals surface area contributed by atoms with Gasteiger partial charge >= 0.3 is 0 Å². The fourth-order valence-corrected chi connectivity index (χ4v) is 1.80. The van der Waals surface area contributed by atoms with Gasteiger partial charge < -0.3 is 15.3 Å². The fraction of sp³-hybridized carbons (Fsp3) is 0.538. The van der Waals surface area contributed by atoms with Crippen LogP contribution in [0.15, 0.2) is 30.3 Å². The summed E-state index contributed by atoms with van der Waals surface area (Å²) in [5.74, 6) is 0.0231. The predicted molar refractivity (Wildman–Crippen MR) is 63.0 cm³/mol. The molecular weight excluding hydrogens is 204 g/mol. The van der Waals surface area contributed by atoms with Gasteiger partial charge in [0.1, 0.15) is 0 Å². The van der Waals surface area contributed by atoms with Gasteiger partial charge in [-0.15, -0.1) is 0 Å². The maximum atomic E-state index is 9.30. The first-order valence-corrected chi connectivity index (χ1v) is 5.55. The van der Waals surface area contributed by atoms with Gasteiger partial charge in [0.25, 0.3) is 0 Å². The normalized spacial score (nSPS) is 13.8. The minimum absolute atomic E-state index is 0.0231. The Labute approximate surface area is 96.4 Å². The molecular formula is C13H20O3. The van der Waals surface area contributed by atoms with Crippen LogP contribution in [-0.2, 0) is 6.42 Å². The van der Waals surface area contributed by atoms with Crippen molar-refractivity contribution in [1.82, 2.24) is 0 Å². The predicted octanol–water partition coefficient (Wildman–Crippen LogP) is 0.828. The lowest BCUT2D eigenvalue weighted by molar-refractivity contribution is -0.0330. The molecule has 1 aromatic rings. The van der Waals surface area contributed by atoms with Crippen LogP contribution in [0.3, 0.4) is 0 Å². The summed E-state index contributed by atoms with van der Waals surface area (Å²) in [6, 6.07) is 9.88. The summed E-state index contributed by atoms with van der Waals surface area (Å²) >= 11 is 0. The topological polar surface area (TPSA) is 60.7 Å². The van der Waals surface area contributed by atoms with Gasteiger partial charge in [0, 0.05) is 5.41 Å². The summed E-state index contributed by atoms with van der Waals surface area (Å²) in [7, 11) is 0. The second-order valence-corrected chi connectivity index (χ2v) is 4.43. The number of aliphatic hydroxyl groups is 3. The van der Waals surface area contributed by atoms with E-state index in [1.54, 1.807) is 0 Å². The molecule has 0 spiro atoms. The van der Waals surface area contributed by atoms with Gasteiger partial charge in [-0.3, -0.25) is 0 Å². The molecule has 1 aromatic carbocycles. The van der Waals surface area contributed by atoms with Gasteiger partial charge in [0.05, 0.1) is 19.8 Å². The molecule has 0 saturated carbocycles. The summed E-state index contributed by atoms with van der Waals surface area (Å²) in [5.41, 5.74) is 0.352. The molecule has 0 amide bonds. The van der Waals surface area contributed by atoms with Crippen LogP contribution in [0.2, 0.25) is 0 Å². The van der Waals surface area contributed by atoms with Crippen molar-refractivity contribution in [2.75, 3.05) is 19.8 Å². The van der Waals surface area contributed by atoms with E-state index in [-0.39, 0.29) is 25.7 Å². The summed E-state index contributed by atoms with van der Waals surface area (Å²) in [5, 5.41) is 27.9. The molecule has 1 atom stereocenters. The number of hydrogen-bond acceptors (Lipinski definition) is 3. The van der Waals surface area contributed by atoms with Crippen molar-refractivity contribution in [3.63, 3.8) is 0 Å². The lowest BCUT2D eigenvalue weighted by Gasteiger charge is -2.34. The molecule has 0 saturated heterocycles. The van der Waals surface area contributed by atoms with Crippen LogP contribution in [0.25, 0.3) is 0 Å². The number of benzene rings is 1. The Kier molecular flexibility index (Phi) is 4.93. The maximum absolute atomic E-state index is 9.30. The highest BCUT2D eigenvalue weighted by molar-refractivity contribution is 5.15. The smallest absolute Gasteiger partial charge is 0.0534 e. The Morgan fingerprint density at radius 1 is 1.00 bits per heavy atom. The van der Waals surface area contributed by atoms with E-state index >= 15 is 0 Å². The highest BCUT2D eigenvalue weighted by Crippen LogP contribution is 2.29. The minimum atomic E-state index is -0.796. The zero-order valence-electron chi connectivity index (χ0n) is 9.63. The van der Waals surface area contributed by atoms with Crippen LogP contribution in [-0.4, -0.2) is 35.1 Å². The van der Waals surface area contributed by atoms with Crippen molar-refractivity contribution in [2.24, 2.45) is 11.3 Å². The Bertz CT molecular complexity index is 285. The van der Waals surface area contributed by atoms with E-state index in [9.17, 15) is 15.3 Å². The average molecular weight is 224 g/mol. The Morgan fingerprint density at radius 3 is 1.94 bits per heavy atom. The Balaban J connectivity index is 2.73. The number of hydrogen-bond donors (Lipinski definition) is 3. The lowest BCUT2D eigenvalue weighted by atomic mass is 9.75. The summed E-state index contributed by atoms with van der Waals surface area (Å²) in [4.78, 5) is 0. The molecule has 3 heteroatoms. The van der Waals surface area contributed by atoms with E-state index in [0.717, 1.165) is 12.0 Å². The van der Waals surface area contributed by atoms with E-state index < -0.39 is 5.41 Å². The third-order valence-corrected chi connectivity index (χ3v) is 3.37. The monoisotopic (exact) mass is 224 g/mol. The van der Waals surface area contributed by atoms with Crippen molar-refractivity contribution in [1.29, 1.82) is 0 Å². The Morgan fingerprint density at radius 2 is 1.50 bits per heavy atom. The van der Waals surface area contributed by atoms with Crippen LogP contribution in [0.1, 0.15) is 12.5 Å². The van der Waals surface area contributed by atoms with E-state index in [1.807, 2.05) is 37.3 Å². The highest BCUT2D eigenvalue weighted by Gasteiger charge is 2.34. The molecule has 1 rings (SSSR count). The molecule has 0 fully saturated rings. The van der Waals surface area contributed by atoms with Gasteiger partial charge in [0.2, 0.25) is 0 Å². The first-order valence-electron chi connectivity index (χ1n) is 5.55. The van der Waals surface area contributed by atoms with Gasteiger partial charge in [-0.1, -0.05) is 37.3 Å². The third kappa shape index (κ3) is 2.82. The SMILES string of the molecule is CC(Cc1ccccc1)C(CO)(CO)CO. The van der Waals surface area contributed by atoms with Crippen LogP contribution >= 0.6 is 0 Å². The van der Waals surface area contributed by atoms with Crippen molar-refractivity contribution in [3.05, 3.63) is 35.9 Å². The van der Waals surface area contributed by atoms with Crippen molar-refractivity contribution < 1.29 is 15.3 Å². The first-order chi connectivity index (χ1) is 7.68. The molecule has 1 unspecified atom stereocenters. The molecule has 0 aromatic heterocycles. The molecule has 16 heavy (non-hydrogen) atoms. The quantitative estimate of drug-likeness (QED) is 0.670. The van der Waals surface area contributed by atoms with Gasteiger partial charge in [-0.2, -0.15) is 0 Å². The fourth-order valence-electron chi connectivity index (χ4n) is 1.80. The molecule has 3 N–H and O–H groups in total. The van der Waals surface area contributed by atoms with Crippen LogP contribution in [0.5, 0.6) is 0 Å². The van der Waals surface area contributed by atoms with E-state index in [0.29, 0.717) is 0 Å². The van der Waals surface area contributed by atoms with E-state index in [1.165, 1.54) is 0 Å². The summed E-state index contributed by atoms with van der Waals surface area (Å²) in [6.07, 6.45) is 0.739. The van der Waals surface area contributed by atoms with Gasteiger partial charge in [-0.05, 0) is 17.9 Å².